The maximum Gasteiger partial charge on any atom is 0.306 e. The Morgan fingerprint density at radius 3 is 3.06 bits per heavy atom. The zero-order valence-corrected chi connectivity index (χ0v) is 9.85. The van der Waals surface area contributed by atoms with Crippen molar-refractivity contribution in [3.63, 3.8) is 0 Å². The van der Waals surface area contributed by atoms with Gasteiger partial charge in [-0.25, -0.2) is 0 Å². The van der Waals surface area contributed by atoms with E-state index in [1.54, 1.807) is 19.1 Å². The minimum Gasteiger partial charge on any atom is -0.466 e. The average molecular weight is 229 g/mol. The van der Waals surface area contributed by atoms with E-state index >= 15 is 0 Å². The van der Waals surface area contributed by atoms with Crippen LogP contribution in [0.5, 0.6) is 0 Å². The predicted octanol–water partition coefficient (Wildman–Crippen LogP) is 2.91. The Morgan fingerprint density at radius 1 is 1.53 bits per heavy atom. The van der Waals surface area contributed by atoms with Crippen LogP contribution in [-0.2, 0) is 9.53 Å². The summed E-state index contributed by atoms with van der Waals surface area (Å²) < 4.78 is 4.81. The van der Waals surface area contributed by atoms with E-state index in [0.29, 0.717) is 25.0 Å². The molecule has 0 aliphatic heterocycles. The Labute approximate surface area is 101 Å². The summed E-state index contributed by atoms with van der Waals surface area (Å²) in [7, 11) is 0. The zero-order chi connectivity index (χ0) is 12.5. The van der Waals surface area contributed by atoms with Gasteiger partial charge in [0.15, 0.2) is 0 Å². The van der Waals surface area contributed by atoms with Gasteiger partial charge in [-0.1, -0.05) is 24.3 Å². The van der Waals surface area contributed by atoms with Crippen molar-refractivity contribution in [2.24, 2.45) is 0 Å². The molecule has 3 nitrogen and oxygen atoms in total. The molecule has 3 heteroatoms. The molecule has 0 amide bonds. The number of allylic oxidation sites excluding steroid dienone is 1. The van der Waals surface area contributed by atoms with Crippen LogP contribution in [0, 0.1) is 11.3 Å². The van der Waals surface area contributed by atoms with Crippen molar-refractivity contribution in [3.8, 4) is 6.07 Å². The van der Waals surface area contributed by atoms with Gasteiger partial charge in [0.1, 0.15) is 0 Å². The smallest absolute Gasteiger partial charge is 0.306 e. The minimum absolute atomic E-state index is 0.178. The Kier molecular flexibility index (Phi) is 5.53. The SMILES string of the molecule is CCOC(=O)CC/C=C/c1cccc(C#N)c1. The first-order valence-electron chi connectivity index (χ1n) is 5.58. The summed E-state index contributed by atoms with van der Waals surface area (Å²) >= 11 is 0. The lowest BCUT2D eigenvalue weighted by atomic mass is 10.1. The molecule has 0 heterocycles. The summed E-state index contributed by atoms with van der Waals surface area (Å²) in [4.78, 5) is 11.1. The van der Waals surface area contributed by atoms with Crippen molar-refractivity contribution < 1.29 is 9.53 Å². The minimum atomic E-state index is -0.178. The molecule has 17 heavy (non-hydrogen) atoms. The van der Waals surface area contributed by atoms with Gasteiger partial charge in [-0.3, -0.25) is 4.79 Å². The number of nitriles is 1. The van der Waals surface area contributed by atoms with Gasteiger partial charge in [-0.05, 0) is 31.0 Å². The van der Waals surface area contributed by atoms with Gasteiger partial charge < -0.3 is 4.74 Å². The maximum atomic E-state index is 11.1. The summed E-state index contributed by atoms with van der Waals surface area (Å²) in [5, 5.41) is 8.73. The molecule has 1 aromatic carbocycles. The van der Waals surface area contributed by atoms with E-state index in [0.717, 1.165) is 5.56 Å². The van der Waals surface area contributed by atoms with Gasteiger partial charge in [-0.2, -0.15) is 5.26 Å². The molecule has 0 N–H and O–H groups in total. The van der Waals surface area contributed by atoms with E-state index in [2.05, 4.69) is 6.07 Å². The second kappa shape index (κ2) is 7.24. The van der Waals surface area contributed by atoms with Crippen LogP contribution < -0.4 is 0 Å². The average Bonchev–Trinajstić information content (AvgIpc) is 2.35. The Balaban J connectivity index is 2.43. The number of esters is 1. The third-order valence-electron chi connectivity index (χ3n) is 2.15. The highest BCUT2D eigenvalue weighted by atomic mass is 16.5. The second-order valence-electron chi connectivity index (χ2n) is 3.48. The lowest BCUT2D eigenvalue weighted by Crippen LogP contribution is -2.02. The fourth-order valence-corrected chi connectivity index (χ4v) is 1.37. The molecule has 0 saturated carbocycles. The molecule has 1 aromatic rings. The first-order chi connectivity index (χ1) is 8.26. The first-order valence-corrected chi connectivity index (χ1v) is 5.58. The van der Waals surface area contributed by atoms with Crippen molar-refractivity contribution in [2.45, 2.75) is 19.8 Å². The number of carbonyl (C=O) groups excluding carboxylic acids is 1. The zero-order valence-electron chi connectivity index (χ0n) is 9.85. The Morgan fingerprint density at radius 2 is 2.35 bits per heavy atom. The van der Waals surface area contributed by atoms with Crippen molar-refractivity contribution in [2.75, 3.05) is 6.61 Å². The fourth-order valence-electron chi connectivity index (χ4n) is 1.37. The largest absolute Gasteiger partial charge is 0.466 e. The van der Waals surface area contributed by atoms with Gasteiger partial charge in [0.05, 0.1) is 18.2 Å². The molecule has 0 bridgehead atoms. The van der Waals surface area contributed by atoms with Crippen LogP contribution >= 0.6 is 0 Å². The molecule has 0 saturated heterocycles. The van der Waals surface area contributed by atoms with Crippen molar-refractivity contribution in [1.29, 1.82) is 5.26 Å². The van der Waals surface area contributed by atoms with Crippen LogP contribution in [0.3, 0.4) is 0 Å². The van der Waals surface area contributed by atoms with Crippen molar-refractivity contribution >= 4 is 12.0 Å². The standard InChI is InChI=1S/C14H15NO2/c1-2-17-14(16)9-4-3-6-12-7-5-8-13(10-12)11-15/h3,5-8,10H,2,4,9H2,1H3/b6-3+. The van der Waals surface area contributed by atoms with E-state index in [1.807, 2.05) is 24.3 Å². The van der Waals surface area contributed by atoms with E-state index in [-0.39, 0.29) is 5.97 Å². The Bertz CT molecular complexity index is 444. The summed E-state index contributed by atoms with van der Waals surface area (Å²) in [6, 6.07) is 9.41. The van der Waals surface area contributed by atoms with E-state index in [4.69, 9.17) is 10.00 Å². The molecular weight excluding hydrogens is 214 g/mol. The monoisotopic (exact) mass is 229 g/mol. The topological polar surface area (TPSA) is 50.1 Å². The Hall–Kier alpha value is -2.08. The highest BCUT2D eigenvalue weighted by molar-refractivity contribution is 5.69. The number of hydrogen-bond donors (Lipinski definition) is 0. The molecule has 0 radical (unpaired) electrons. The third kappa shape index (κ3) is 4.98. The van der Waals surface area contributed by atoms with E-state index < -0.39 is 0 Å². The molecule has 0 fully saturated rings. The summed E-state index contributed by atoms with van der Waals surface area (Å²) in [6.07, 6.45) is 4.85. The number of benzene rings is 1. The van der Waals surface area contributed by atoms with Gasteiger partial charge in [0, 0.05) is 6.42 Å². The van der Waals surface area contributed by atoms with Gasteiger partial charge in [-0.15, -0.1) is 0 Å². The summed E-state index contributed by atoms with van der Waals surface area (Å²) in [5.41, 5.74) is 1.60. The third-order valence-corrected chi connectivity index (χ3v) is 2.15. The molecule has 0 aliphatic carbocycles. The highest BCUT2D eigenvalue weighted by Gasteiger charge is 1.98. The number of rotatable bonds is 5. The van der Waals surface area contributed by atoms with Crippen LogP contribution in [-0.4, -0.2) is 12.6 Å². The van der Waals surface area contributed by atoms with E-state index in [9.17, 15) is 4.79 Å². The van der Waals surface area contributed by atoms with Crippen LogP contribution in [0.2, 0.25) is 0 Å². The van der Waals surface area contributed by atoms with Gasteiger partial charge in [0.2, 0.25) is 0 Å². The lowest BCUT2D eigenvalue weighted by molar-refractivity contribution is -0.142. The maximum absolute atomic E-state index is 11.1. The predicted molar refractivity (Wildman–Crippen MR) is 66.1 cm³/mol. The number of carbonyl (C=O) groups is 1. The molecule has 0 atom stereocenters. The lowest BCUT2D eigenvalue weighted by Gasteiger charge is -1.98. The van der Waals surface area contributed by atoms with Crippen LogP contribution in [0.1, 0.15) is 30.9 Å². The van der Waals surface area contributed by atoms with Gasteiger partial charge in [0.25, 0.3) is 0 Å². The van der Waals surface area contributed by atoms with E-state index in [1.165, 1.54) is 0 Å². The highest BCUT2D eigenvalue weighted by Crippen LogP contribution is 2.07. The molecule has 1 rings (SSSR count). The van der Waals surface area contributed by atoms with Crippen LogP contribution in [0.15, 0.2) is 30.3 Å². The van der Waals surface area contributed by atoms with Gasteiger partial charge >= 0.3 is 5.97 Å². The molecule has 88 valence electrons. The quantitative estimate of drug-likeness (QED) is 0.729. The van der Waals surface area contributed by atoms with Crippen LogP contribution in [0.25, 0.3) is 6.08 Å². The number of nitrogens with zero attached hydrogens (tertiary/aromatic N) is 1. The molecule has 0 aromatic heterocycles. The number of hydrogen-bond acceptors (Lipinski definition) is 3. The van der Waals surface area contributed by atoms with Crippen molar-refractivity contribution in [3.05, 3.63) is 41.5 Å². The normalized spacial score (nSPS) is 10.1. The first kappa shape index (κ1) is 13.0. The summed E-state index contributed by atoms with van der Waals surface area (Å²) in [5.74, 6) is -0.178. The van der Waals surface area contributed by atoms with Crippen molar-refractivity contribution in [1.82, 2.24) is 0 Å². The molecule has 0 unspecified atom stereocenters. The fraction of sp³-hybridized carbons (Fsp3) is 0.286. The number of ether oxygens (including phenoxy) is 1. The molecular formula is C14H15NO2. The van der Waals surface area contributed by atoms with Crippen LogP contribution in [0.4, 0.5) is 0 Å². The molecule has 0 spiro atoms. The second-order valence-corrected chi connectivity index (χ2v) is 3.48. The summed E-state index contributed by atoms with van der Waals surface area (Å²) in [6.45, 7) is 2.22. The molecule has 0 aliphatic rings.